The Hall–Kier alpha value is -1.04. The fraction of sp³-hybridized carbons (Fsp3) is 0.545. The zero-order valence-electron chi connectivity index (χ0n) is 9.23. The maximum atomic E-state index is 12.9. The van der Waals surface area contributed by atoms with Gasteiger partial charge in [0.2, 0.25) is 5.95 Å². The highest BCUT2D eigenvalue weighted by molar-refractivity contribution is 5.14. The monoisotopic (exact) mass is 226 g/mol. The van der Waals surface area contributed by atoms with E-state index in [4.69, 9.17) is 9.57 Å². The smallest absolute Gasteiger partial charge is 0.213 e. The highest BCUT2D eigenvalue weighted by atomic mass is 19.1. The van der Waals surface area contributed by atoms with Crippen molar-refractivity contribution >= 4 is 0 Å². The van der Waals surface area contributed by atoms with Crippen LogP contribution in [0.2, 0.25) is 0 Å². The van der Waals surface area contributed by atoms with Crippen LogP contribution in [0, 0.1) is 5.95 Å². The van der Waals surface area contributed by atoms with Crippen molar-refractivity contribution in [3.8, 4) is 0 Å². The molecule has 1 atom stereocenters. The van der Waals surface area contributed by atoms with E-state index in [-0.39, 0.29) is 6.10 Å². The van der Waals surface area contributed by atoms with E-state index in [2.05, 4.69) is 4.98 Å². The molecule has 2 rings (SSSR count). The average molecular weight is 226 g/mol. The molecule has 5 heteroatoms. The first-order valence-corrected chi connectivity index (χ1v) is 5.31. The Morgan fingerprint density at radius 1 is 1.69 bits per heavy atom. The van der Waals surface area contributed by atoms with E-state index in [1.165, 1.54) is 12.3 Å². The molecule has 0 radical (unpaired) electrons. The number of hydrogen-bond donors (Lipinski definition) is 0. The predicted octanol–water partition coefficient (Wildman–Crippen LogP) is 1.55. The second-order valence-electron chi connectivity index (χ2n) is 3.72. The van der Waals surface area contributed by atoms with Crippen molar-refractivity contribution in [3.63, 3.8) is 0 Å². The number of hydroxylamine groups is 2. The quantitative estimate of drug-likeness (QED) is 0.729. The van der Waals surface area contributed by atoms with Crippen LogP contribution in [0.5, 0.6) is 0 Å². The van der Waals surface area contributed by atoms with Crippen LogP contribution in [0.4, 0.5) is 4.39 Å². The summed E-state index contributed by atoms with van der Waals surface area (Å²) in [5, 5.41) is 1.85. The molecule has 0 amide bonds. The summed E-state index contributed by atoms with van der Waals surface area (Å²) in [5.74, 6) is -0.462. The lowest BCUT2D eigenvalue weighted by molar-refractivity contribution is -0.153. The number of nitrogens with zero attached hydrogens (tertiary/aromatic N) is 2. The summed E-state index contributed by atoms with van der Waals surface area (Å²) in [6, 6.07) is 3.21. The van der Waals surface area contributed by atoms with E-state index in [0.29, 0.717) is 6.61 Å². The SMILES string of the molecule is COCCN1CC[C@@H](c2ccnc(F)c2)O1. The van der Waals surface area contributed by atoms with Crippen LogP contribution in [0.1, 0.15) is 18.1 Å². The fourth-order valence-corrected chi connectivity index (χ4v) is 1.75. The summed E-state index contributed by atoms with van der Waals surface area (Å²) in [6.07, 6.45) is 2.27. The van der Waals surface area contributed by atoms with Crippen LogP contribution in [0.15, 0.2) is 18.3 Å². The second-order valence-corrected chi connectivity index (χ2v) is 3.72. The van der Waals surface area contributed by atoms with E-state index in [1.54, 1.807) is 13.2 Å². The molecule has 0 N–H and O–H groups in total. The van der Waals surface area contributed by atoms with Crippen LogP contribution in [0.25, 0.3) is 0 Å². The van der Waals surface area contributed by atoms with Gasteiger partial charge in [0.1, 0.15) is 6.10 Å². The van der Waals surface area contributed by atoms with Gasteiger partial charge >= 0.3 is 0 Å². The third-order valence-electron chi connectivity index (χ3n) is 2.58. The molecule has 1 fully saturated rings. The molecule has 88 valence electrons. The number of hydrogen-bond acceptors (Lipinski definition) is 4. The molecule has 0 bridgehead atoms. The minimum Gasteiger partial charge on any atom is -0.383 e. The van der Waals surface area contributed by atoms with Gasteiger partial charge in [-0.25, -0.2) is 4.98 Å². The molecule has 4 nitrogen and oxygen atoms in total. The molecule has 0 saturated carbocycles. The number of ether oxygens (including phenoxy) is 1. The summed E-state index contributed by atoms with van der Waals surface area (Å²) < 4.78 is 17.9. The topological polar surface area (TPSA) is 34.6 Å². The zero-order chi connectivity index (χ0) is 11.4. The molecular weight excluding hydrogens is 211 g/mol. The lowest BCUT2D eigenvalue weighted by Gasteiger charge is -2.15. The van der Waals surface area contributed by atoms with Crippen molar-refractivity contribution in [1.82, 2.24) is 10.0 Å². The van der Waals surface area contributed by atoms with Crippen molar-refractivity contribution in [2.45, 2.75) is 12.5 Å². The van der Waals surface area contributed by atoms with Crippen molar-refractivity contribution in [2.24, 2.45) is 0 Å². The predicted molar refractivity (Wildman–Crippen MR) is 56.1 cm³/mol. The normalized spacial score (nSPS) is 21.5. The van der Waals surface area contributed by atoms with Gasteiger partial charge in [-0.15, -0.1) is 0 Å². The van der Waals surface area contributed by atoms with Gasteiger partial charge in [0.15, 0.2) is 0 Å². The van der Waals surface area contributed by atoms with Gasteiger partial charge in [-0.05, 0) is 24.1 Å². The first-order valence-electron chi connectivity index (χ1n) is 5.31. The highest BCUT2D eigenvalue weighted by Gasteiger charge is 2.24. The van der Waals surface area contributed by atoms with Gasteiger partial charge in [-0.2, -0.15) is 9.45 Å². The lowest BCUT2D eigenvalue weighted by Crippen LogP contribution is -2.22. The highest BCUT2D eigenvalue weighted by Crippen LogP contribution is 2.28. The molecule has 1 saturated heterocycles. The van der Waals surface area contributed by atoms with Gasteiger partial charge in [-0.3, -0.25) is 4.84 Å². The third-order valence-corrected chi connectivity index (χ3v) is 2.58. The minimum absolute atomic E-state index is 0.0608. The van der Waals surface area contributed by atoms with Crippen LogP contribution in [0.3, 0.4) is 0 Å². The summed E-state index contributed by atoms with van der Waals surface area (Å²) in [5.41, 5.74) is 0.840. The Morgan fingerprint density at radius 2 is 2.56 bits per heavy atom. The molecule has 0 aromatic carbocycles. The van der Waals surface area contributed by atoms with Gasteiger partial charge in [0.25, 0.3) is 0 Å². The number of aromatic nitrogens is 1. The van der Waals surface area contributed by atoms with E-state index in [1.807, 2.05) is 5.06 Å². The molecule has 1 aliphatic rings. The van der Waals surface area contributed by atoms with Gasteiger partial charge in [-0.1, -0.05) is 0 Å². The molecule has 0 unspecified atom stereocenters. The first kappa shape index (κ1) is 11.4. The summed E-state index contributed by atoms with van der Waals surface area (Å²) in [6.45, 7) is 2.22. The maximum absolute atomic E-state index is 12.9. The summed E-state index contributed by atoms with van der Waals surface area (Å²) in [7, 11) is 1.66. The Morgan fingerprint density at radius 3 is 3.31 bits per heavy atom. The Balaban J connectivity index is 1.93. The van der Waals surface area contributed by atoms with Crippen LogP contribution in [-0.4, -0.2) is 36.9 Å². The molecule has 0 aliphatic carbocycles. The molecular formula is C11H15FN2O2. The van der Waals surface area contributed by atoms with Gasteiger partial charge in [0, 0.05) is 26.4 Å². The van der Waals surface area contributed by atoms with E-state index >= 15 is 0 Å². The van der Waals surface area contributed by atoms with E-state index < -0.39 is 5.95 Å². The Bertz CT molecular complexity index is 349. The molecule has 1 aliphatic heterocycles. The summed E-state index contributed by atoms with van der Waals surface area (Å²) >= 11 is 0. The average Bonchev–Trinajstić information content (AvgIpc) is 2.75. The van der Waals surface area contributed by atoms with Crippen molar-refractivity contribution in [3.05, 3.63) is 29.8 Å². The van der Waals surface area contributed by atoms with Gasteiger partial charge in [0.05, 0.1) is 6.61 Å². The third kappa shape index (κ3) is 2.75. The standard InChI is InChI=1S/C11H15FN2O2/c1-15-7-6-14-5-3-10(16-14)9-2-4-13-11(12)8-9/h2,4,8,10H,3,5-7H2,1H3/t10-/m0/s1. The van der Waals surface area contributed by atoms with Crippen LogP contribution in [-0.2, 0) is 9.57 Å². The fourth-order valence-electron chi connectivity index (χ4n) is 1.75. The Labute approximate surface area is 93.9 Å². The lowest BCUT2D eigenvalue weighted by atomic mass is 10.1. The molecule has 1 aromatic rings. The van der Waals surface area contributed by atoms with Crippen molar-refractivity contribution in [1.29, 1.82) is 0 Å². The zero-order valence-corrected chi connectivity index (χ0v) is 9.23. The summed E-state index contributed by atoms with van der Waals surface area (Å²) in [4.78, 5) is 9.19. The maximum Gasteiger partial charge on any atom is 0.213 e. The number of halogens is 1. The van der Waals surface area contributed by atoms with E-state index in [9.17, 15) is 4.39 Å². The molecule has 16 heavy (non-hydrogen) atoms. The first-order chi connectivity index (χ1) is 7.79. The number of rotatable bonds is 4. The molecule has 2 heterocycles. The van der Waals surface area contributed by atoms with Crippen LogP contribution < -0.4 is 0 Å². The number of methoxy groups -OCH3 is 1. The van der Waals surface area contributed by atoms with Crippen LogP contribution >= 0.6 is 0 Å². The number of pyridine rings is 1. The van der Waals surface area contributed by atoms with Gasteiger partial charge < -0.3 is 4.74 Å². The second kappa shape index (κ2) is 5.34. The molecule has 0 spiro atoms. The minimum atomic E-state index is -0.462. The molecule has 1 aromatic heterocycles. The Kier molecular flexibility index (Phi) is 3.82. The van der Waals surface area contributed by atoms with E-state index in [0.717, 1.165) is 25.1 Å². The largest absolute Gasteiger partial charge is 0.383 e. The van der Waals surface area contributed by atoms with Crippen molar-refractivity contribution in [2.75, 3.05) is 26.8 Å². The van der Waals surface area contributed by atoms with Crippen molar-refractivity contribution < 1.29 is 14.0 Å².